The van der Waals surface area contributed by atoms with Crippen LogP contribution in [0.5, 0.6) is 5.75 Å². The Hall–Kier alpha value is -1.06. The van der Waals surface area contributed by atoms with Crippen molar-refractivity contribution in [1.82, 2.24) is 0 Å². The van der Waals surface area contributed by atoms with Gasteiger partial charge in [-0.05, 0) is 47.9 Å². The Morgan fingerprint density at radius 1 is 1.30 bits per heavy atom. The number of aliphatic hydroxyl groups excluding tert-OH is 1. The number of ether oxygens (including phenoxy) is 1. The molecule has 0 heterocycles. The molecule has 1 unspecified atom stereocenters. The van der Waals surface area contributed by atoms with E-state index in [0.717, 1.165) is 24.2 Å². The molecule has 3 N–H and O–H groups in total. The van der Waals surface area contributed by atoms with Gasteiger partial charge < -0.3 is 15.6 Å². The summed E-state index contributed by atoms with van der Waals surface area (Å²) in [5.41, 5.74) is 8.24. The molecule has 0 aromatic heterocycles. The number of aliphatic hydroxyl groups is 1. The van der Waals surface area contributed by atoms with Gasteiger partial charge in [0, 0.05) is 6.61 Å². The molecule has 0 saturated carbocycles. The first-order valence-electron chi connectivity index (χ1n) is 7.49. The SMILES string of the molecule is CCCOc1ccc(C(C)(C)C)cc1CC(CN)CO. The van der Waals surface area contributed by atoms with Crippen LogP contribution in [0, 0.1) is 5.92 Å². The predicted molar refractivity (Wildman–Crippen MR) is 84.3 cm³/mol. The summed E-state index contributed by atoms with van der Waals surface area (Å²) < 4.78 is 5.82. The van der Waals surface area contributed by atoms with Gasteiger partial charge in [-0.25, -0.2) is 0 Å². The van der Waals surface area contributed by atoms with Gasteiger partial charge in [0.25, 0.3) is 0 Å². The van der Waals surface area contributed by atoms with Gasteiger partial charge >= 0.3 is 0 Å². The molecule has 1 rings (SSSR count). The molecule has 0 aliphatic carbocycles. The standard InChI is InChI=1S/C17H29NO2/c1-5-8-20-16-7-6-15(17(2,3)4)10-14(16)9-13(11-18)12-19/h6-7,10,13,19H,5,8-9,11-12,18H2,1-4H3. The highest BCUT2D eigenvalue weighted by molar-refractivity contribution is 5.40. The molecular formula is C17H29NO2. The highest BCUT2D eigenvalue weighted by Crippen LogP contribution is 2.29. The van der Waals surface area contributed by atoms with E-state index in [9.17, 15) is 5.11 Å². The first-order valence-corrected chi connectivity index (χ1v) is 7.49. The first kappa shape index (κ1) is 17.0. The Bertz CT molecular complexity index is 406. The Kier molecular flexibility index (Phi) is 6.50. The molecule has 20 heavy (non-hydrogen) atoms. The highest BCUT2D eigenvalue weighted by atomic mass is 16.5. The van der Waals surface area contributed by atoms with E-state index in [0.29, 0.717) is 13.2 Å². The minimum absolute atomic E-state index is 0.0918. The molecular weight excluding hydrogens is 250 g/mol. The molecule has 0 aliphatic heterocycles. The molecule has 1 aromatic rings. The minimum atomic E-state index is 0.0918. The molecule has 1 aromatic carbocycles. The van der Waals surface area contributed by atoms with Crippen LogP contribution in [-0.4, -0.2) is 24.9 Å². The molecule has 0 saturated heterocycles. The Morgan fingerprint density at radius 2 is 2.00 bits per heavy atom. The van der Waals surface area contributed by atoms with E-state index in [1.54, 1.807) is 0 Å². The van der Waals surface area contributed by atoms with Crippen LogP contribution in [0.25, 0.3) is 0 Å². The van der Waals surface area contributed by atoms with Crippen molar-refractivity contribution in [3.63, 3.8) is 0 Å². The summed E-state index contributed by atoms with van der Waals surface area (Å²) in [6.07, 6.45) is 1.75. The maximum atomic E-state index is 9.36. The monoisotopic (exact) mass is 279 g/mol. The summed E-state index contributed by atoms with van der Waals surface area (Å²) in [6.45, 7) is 10.0. The number of hydrogen-bond acceptors (Lipinski definition) is 3. The van der Waals surface area contributed by atoms with E-state index in [-0.39, 0.29) is 17.9 Å². The summed E-state index contributed by atoms with van der Waals surface area (Å²) >= 11 is 0. The molecule has 0 fully saturated rings. The molecule has 0 aliphatic rings. The Labute approximate surface area is 123 Å². The lowest BCUT2D eigenvalue weighted by Gasteiger charge is -2.22. The molecule has 0 radical (unpaired) electrons. The van der Waals surface area contributed by atoms with Gasteiger partial charge in [-0.15, -0.1) is 0 Å². The lowest BCUT2D eigenvalue weighted by Crippen LogP contribution is -2.21. The van der Waals surface area contributed by atoms with Crippen LogP contribution >= 0.6 is 0 Å². The van der Waals surface area contributed by atoms with Crippen LogP contribution in [0.15, 0.2) is 18.2 Å². The molecule has 0 amide bonds. The summed E-state index contributed by atoms with van der Waals surface area (Å²) in [5, 5.41) is 9.36. The summed E-state index contributed by atoms with van der Waals surface area (Å²) in [5.74, 6) is 1.01. The van der Waals surface area contributed by atoms with Crippen LogP contribution in [0.2, 0.25) is 0 Å². The van der Waals surface area contributed by atoms with Crippen LogP contribution < -0.4 is 10.5 Å². The average Bonchev–Trinajstić information content (AvgIpc) is 2.41. The van der Waals surface area contributed by atoms with Gasteiger partial charge in [0.15, 0.2) is 0 Å². The van der Waals surface area contributed by atoms with E-state index in [1.807, 2.05) is 0 Å². The van der Waals surface area contributed by atoms with Crippen molar-refractivity contribution in [3.8, 4) is 5.75 Å². The lowest BCUT2D eigenvalue weighted by molar-refractivity contribution is 0.228. The fourth-order valence-corrected chi connectivity index (χ4v) is 2.09. The number of hydrogen-bond donors (Lipinski definition) is 2. The second-order valence-electron chi connectivity index (χ2n) is 6.41. The van der Waals surface area contributed by atoms with Crippen molar-refractivity contribution in [2.45, 2.75) is 46.0 Å². The van der Waals surface area contributed by atoms with Gasteiger partial charge in [0.05, 0.1) is 6.61 Å². The zero-order valence-electron chi connectivity index (χ0n) is 13.3. The third-order valence-electron chi connectivity index (χ3n) is 3.49. The molecule has 3 heteroatoms. The largest absolute Gasteiger partial charge is 0.493 e. The smallest absolute Gasteiger partial charge is 0.122 e. The number of rotatable bonds is 7. The van der Waals surface area contributed by atoms with E-state index >= 15 is 0 Å². The van der Waals surface area contributed by atoms with Crippen LogP contribution in [0.4, 0.5) is 0 Å². The lowest BCUT2D eigenvalue weighted by atomic mass is 9.85. The summed E-state index contributed by atoms with van der Waals surface area (Å²) in [6, 6.07) is 6.38. The Balaban J connectivity index is 3.05. The van der Waals surface area contributed by atoms with Crippen molar-refractivity contribution in [1.29, 1.82) is 0 Å². The van der Waals surface area contributed by atoms with Gasteiger partial charge in [0.2, 0.25) is 0 Å². The molecule has 3 nitrogen and oxygen atoms in total. The Morgan fingerprint density at radius 3 is 2.50 bits per heavy atom. The molecule has 0 bridgehead atoms. The van der Waals surface area contributed by atoms with E-state index in [2.05, 4.69) is 45.9 Å². The zero-order valence-corrected chi connectivity index (χ0v) is 13.3. The number of nitrogens with two attached hydrogens (primary N) is 1. The third kappa shape index (κ3) is 4.80. The minimum Gasteiger partial charge on any atom is -0.493 e. The van der Waals surface area contributed by atoms with Gasteiger partial charge in [0.1, 0.15) is 5.75 Å². The maximum Gasteiger partial charge on any atom is 0.122 e. The van der Waals surface area contributed by atoms with E-state index < -0.39 is 0 Å². The van der Waals surface area contributed by atoms with Crippen molar-refractivity contribution < 1.29 is 9.84 Å². The van der Waals surface area contributed by atoms with Crippen molar-refractivity contribution >= 4 is 0 Å². The van der Waals surface area contributed by atoms with Gasteiger partial charge in [-0.3, -0.25) is 0 Å². The zero-order chi connectivity index (χ0) is 15.2. The van der Waals surface area contributed by atoms with Gasteiger partial charge in [-0.2, -0.15) is 0 Å². The van der Waals surface area contributed by atoms with Crippen molar-refractivity contribution in [2.75, 3.05) is 19.8 Å². The number of benzene rings is 1. The van der Waals surface area contributed by atoms with E-state index in [4.69, 9.17) is 10.5 Å². The normalized spacial score (nSPS) is 13.3. The maximum absolute atomic E-state index is 9.36. The third-order valence-corrected chi connectivity index (χ3v) is 3.49. The van der Waals surface area contributed by atoms with E-state index in [1.165, 1.54) is 5.56 Å². The average molecular weight is 279 g/mol. The predicted octanol–water partition coefficient (Wildman–Crippen LogP) is 2.88. The fraction of sp³-hybridized carbons (Fsp3) is 0.647. The molecule has 114 valence electrons. The van der Waals surface area contributed by atoms with Crippen molar-refractivity contribution in [2.24, 2.45) is 11.7 Å². The highest BCUT2D eigenvalue weighted by Gasteiger charge is 2.17. The summed E-state index contributed by atoms with van der Waals surface area (Å²) in [4.78, 5) is 0. The quantitative estimate of drug-likeness (QED) is 0.807. The topological polar surface area (TPSA) is 55.5 Å². The molecule has 0 spiro atoms. The second kappa shape index (κ2) is 7.65. The fourth-order valence-electron chi connectivity index (χ4n) is 2.09. The summed E-state index contributed by atoms with van der Waals surface area (Å²) in [7, 11) is 0. The van der Waals surface area contributed by atoms with Crippen LogP contribution in [-0.2, 0) is 11.8 Å². The van der Waals surface area contributed by atoms with Crippen LogP contribution in [0.1, 0.15) is 45.2 Å². The van der Waals surface area contributed by atoms with Gasteiger partial charge in [-0.1, -0.05) is 39.8 Å². The van der Waals surface area contributed by atoms with Crippen LogP contribution in [0.3, 0.4) is 0 Å². The second-order valence-corrected chi connectivity index (χ2v) is 6.41. The molecule has 1 atom stereocenters. The van der Waals surface area contributed by atoms with Crippen molar-refractivity contribution in [3.05, 3.63) is 29.3 Å². The first-order chi connectivity index (χ1) is 9.42.